The molecule has 1 aromatic carbocycles. The van der Waals surface area contributed by atoms with Crippen molar-refractivity contribution in [1.29, 1.82) is 0 Å². The van der Waals surface area contributed by atoms with Crippen molar-refractivity contribution in [2.24, 2.45) is 0 Å². The van der Waals surface area contributed by atoms with E-state index in [1.807, 2.05) is 0 Å². The van der Waals surface area contributed by atoms with Gasteiger partial charge in [-0.3, -0.25) is 9.59 Å². The van der Waals surface area contributed by atoms with E-state index in [-0.39, 0.29) is 12.3 Å². The second-order valence-corrected chi connectivity index (χ2v) is 4.26. The summed E-state index contributed by atoms with van der Waals surface area (Å²) in [6.45, 7) is 1.83. The van der Waals surface area contributed by atoms with Gasteiger partial charge in [-0.2, -0.15) is 0 Å². The predicted molar refractivity (Wildman–Crippen MR) is 69.8 cm³/mol. The van der Waals surface area contributed by atoms with Gasteiger partial charge in [0.2, 0.25) is 5.91 Å². The van der Waals surface area contributed by atoms with Crippen LogP contribution in [0.2, 0.25) is 5.02 Å². The fourth-order valence-electron chi connectivity index (χ4n) is 1.28. The van der Waals surface area contributed by atoms with Gasteiger partial charge in [0.05, 0.1) is 0 Å². The Kier molecular flexibility index (Phi) is 5.61. The standard InChI is InChI=1S/C12H15ClN2O3/c1-8(12(17)18)14-6-5-11(16)15-10-4-2-3-9(13)7-10/h2-4,7-8,14H,5-6H2,1H3,(H,15,16)(H,17,18). The summed E-state index contributed by atoms with van der Waals surface area (Å²) in [6.07, 6.45) is 0.199. The highest BCUT2D eigenvalue weighted by Crippen LogP contribution is 2.14. The quantitative estimate of drug-likeness (QED) is 0.736. The zero-order valence-electron chi connectivity index (χ0n) is 9.94. The molecular formula is C12H15ClN2O3. The summed E-state index contributed by atoms with van der Waals surface area (Å²) >= 11 is 5.78. The topological polar surface area (TPSA) is 78.4 Å². The highest BCUT2D eigenvalue weighted by atomic mass is 35.5. The van der Waals surface area contributed by atoms with E-state index >= 15 is 0 Å². The van der Waals surface area contributed by atoms with Crippen LogP contribution in [0.3, 0.4) is 0 Å². The smallest absolute Gasteiger partial charge is 0.320 e. The minimum absolute atomic E-state index is 0.192. The summed E-state index contributed by atoms with van der Waals surface area (Å²) in [6, 6.07) is 6.17. The molecule has 0 radical (unpaired) electrons. The second kappa shape index (κ2) is 6.98. The Hall–Kier alpha value is -1.59. The third kappa shape index (κ3) is 5.16. The van der Waals surface area contributed by atoms with Crippen molar-refractivity contribution in [3.05, 3.63) is 29.3 Å². The zero-order valence-corrected chi connectivity index (χ0v) is 10.7. The molecule has 98 valence electrons. The number of halogens is 1. The highest BCUT2D eigenvalue weighted by molar-refractivity contribution is 6.30. The molecule has 5 nitrogen and oxygen atoms in total. The molecule has 1 unspecified atom stereocenters. The van der Waals surface area contributed by atoms with Crippen LogP contribution in [0.5, 0.6) is 0 Å². The Bertz CT molecular complexity index is 437. The molecule has 1 aromatic rings. The Morgan fingerprint density at radius 3 is 2.78 bits per heavy atom. The van der Waals surface area contributed by atoms with Crippen LogP contribution in [0.25, 0.3) is 0 Å². The highest BCUT2D eigenvalue weighted by Gasteiger charge is 2.10. The molecule has 0 heterocycles. The van der Waals surface area contributed by atoms with E-state index in [4.69, 9.17) is 16.7 Å². The van der Waals surface area contributed by atoms with Crippen LogP contribution in [0, 0.1) is 0 Å². The zero-order chi connectivity index (χ0) is 13.5. The van der Waals surface area contributed by atoms with Crippen LogP contribution in [0.4, 0.5) is 5.69 Å². The first kappa shape index (κ1) is 14.5. The minimum Gasteiger partial charge on any atom is -0.480 e. The van der Waals surface area contributed by atoms with Gasteiger partial charge in [-0.1, -0.05) is 17.7 Å². The van der Waals surface area contributed by atoms with Gasteiger partial charge in [0.15, 0.2) is 0 Å². The van der Waals surface area contributed by atoms with E-state index in [1.165, 1.54) is 6.92 Å². The molecule has 0 spiro atoms. The average molecular weight is 271 g/mol. The first-order chi connectivity index (χ1) is 8.49. The van der Waals surface area contributed by atoms with Gasteiger partial charge >= 0.3 is 5.97 Å². The molecule has 0 aliphatic rings. The van der Waals surface area contributed by atoms with Crippen molar-refractivity contribution in [1.82, 2.24) is 5.32 Å². The van der Waals surface area contributed by atoms with Crippen molar-refractivity contribution in [2.45, 2.75) is 19.4 Å². The number of carbonyl (C=O) groups excluding carboxylic acids is 1. The summed E-state index contributed by atoms with van der Waals surface area (Å²) in [5.41, 5.74) is 0.624. The second-order valence-electron chi connectivity index (χ2n) is 3.82. The summed E-state index contributed by atoms with van der Waals surface area (Å²) in [7, 11) is 0. The van der Waals surface area contributed by atoms with Crippen molar-refractivity contribution in [3.63, 3.8) is 0 Å². The fourth-order valence-corrected chi connectivity index (χ4v) is 1.47. The monoisotopic (exact) mass is 270 g/mol. The first-order valence-corrected chi connectivity index (χ1v) is 5.88. The maximum atomic E-state index is 11.5. The molecule has 0 bridgehead atoms. The van der Waals surface area contributed by atoms with Gasteiger partial charge in [-0.05, 0) is 25.1 Å². The molecule has 0 fully saturated rings. The minimum atomic E-state index is -0.940. The molecule has 0 aliphatic heterocycles. The number of rotatable bonds is 6. The van der Waals surface area contributed by atoms with E-state index < -0.39 is 12.0 Å². The van der Waals surface area contributed by atoms with E-state index in [0.29, 0.717) is 17.3 Å². The SMILES string of the molecule is CC(NCCC(=O)Nc1cccc(Cl)c1)C(=O)O. The number of carboxylic acid groups (broad SMARTS) is 1. The van der Waals surface area contributed by atoms with Gasteiger partial charge in [-0.15, -0.1) is 0 Å². The van der Waals surface area contributed by atoms with Crippen molar-refractivity contribution >= 4 is 29.2 Å². The number of anilines is 1. The van der Waals surface area contributed by atoms with E-state index in [2.05, 4.69) is 10.6 Å². The van der Waals surface area contributed by atoms with Gasteiger partial charge in [-0.25, -0.2) is 0 Å². The van der Waals surface area contributed by atoms with Crippen molar-refractivity contribution in [3.8, 4) is 0 Å². The number of benzene rings is 1. The Morgan fingerprint density at radius 1 is 1.44 bits per heavy atom. The van der Waals surface area contributed by atoms with Crippen LogP contribution in [-0.2, 0) is 9.59 Å². The Labute approximate surface area is 110 Å². The number of aliphatic carboxylic acids is 1. The third-order valence-electron chi connectivity index (χ3n) is 2.28. The van der Waals surface area contributed by atoms with Crippen LogP contribution >= 0.6 is 11.6 Å². The summed E-state index contributed by atoms with van der Waals surface area (Å²) in [4.78, 5) is 22.1. The molecule has 0 aliphatic carbocycles. The first-order valence-electron chi connectivity index (χ1n) is 5.50. The van der Waals surface area contributed by atoms with E-state index in [1.54, 1.807) is 24.3 Å². The van der Waals surface area contributed by atoms with Gasteiger partial charge < -0.3 is 15.7 Å². The van der Waals surface area contributed by atoms with Crippen LogP contribution in [0.15, 0.2) is 24.3 Å². The molecule has 6 heteroatoms. The Balaban J connectivity index is 2.32. The lowest BCUT2D eigenvalue weighted by atomic mass is 10.3. The van der Waals surface area contributed by atoms with Gasteiger partial charge in [0.1, 0.15) is 6.04 Å². The molecule has 18 heavy (non-hydrogen) atoms. The number of carboxylic acids is 1. The predicted octanol–water partition coefficient (Wildman–Crippen LogP) is 1.73. The normalized spacial score (nSPS) is 11.9. The lowest BCUT2D eigenvalue weighted by molar-refractivity contribution is -0.139. The van der Waals surface area contributed by atoms with Crippen molar-refractivity contribution in [2.75, 3.05) is 11.9 Å². The van der Waals surface area contributed by atoms with Gasteiger partial charge in [0.25, 0.3) is 0 Å². The molecule has 3 N–H and O–H groups in total. The molecule has 1 amide bonds. The number of amides is 1. The van der Waals surface area contributed by atoms with Crippen LogP contribution < -0.4 is 10.6 Å². The molecule has 1 rings (SSSR count). The lowest BCUT2D eigenvalue weighted by Gasteiger charge is -2.09. The number of hydrogen-bond acceptors (Lipinski definition) is 3. The molecule has 0 aromatic heterocycles. The molecule has 0 saturated heterocycles. The fraction of sp³-hybridized carbons (Fsp3) is 0.333. The van der Waals surface area contributed by atoms with Crippen LogP contribution in [0.1, 0.15) is 13.3 Å². The largest absolute Gasteiger partial charge is 0.480 e. The maximum absolute atomic E-state index is 11.5. The molecule has 1 atom stereocenters. The van der Waals surface area contributed by atoms with Crippen molar-refractivity contribution < 1.29 is 14.7 Å². The summed E-state index contributed by atoms with van der Waals surface area (Å²) < 4.78 is 0. The summed E-state index contributed by atoms with van der Waals surface area (Å²) in [5.74, 6) is -1.13. The number of hydrogen-bond donors (Lipinski definition) is 3. The number of nitrogens with one attached hydrogen (secondary N) is 2. The lowest BCUT2D eigenvalue weighted by Crippen LogP contribution is -2.35. The van der Waals surface area contributed by atoms with Crippen LogP contribution in [-0.4, -0.2) is 29.6 Å². The maximum Gasteiger partial charge on any atom is 0.320 e. The average Bonchev–Trinajstić information content (AvgIpc) is 2.28. The van der Waals surface area contributed by atoms with E-state index in [9.17, 15) is 9.59 Å². The molecular weight excluding hydrogens is 256 g/mol. The number of carbonyl (C=O) groups is 2. The Morgan fingerprint density at radius 2 is 2.17 bits per heavy atom. The third-order valence-corrected chi connectivity index (χ3v) is 2.52. The molecule has 0 saturated carbocycles. The summed E-state index contributed by atoms with van der Waals surface area (Å²) in [5, 5.41) is 14.6. The van der Waals surface area contributed by atoms with E-state index in [0.717, 1.165) is 0 Å². The van der Waals surface area contributed by atoms with Gasteiger partial charge in [0, 0.05) is 23.7 Å².